The molecule has 1 aliphatic heterocycles. The monoisotopic (exact) mass is 269 g/mol. The van der Waals surface area contributed by atoms with Crippen molar-refractivity contribution in [1.29, 1.82) is 0 Å². The van der Waals surface area contributed by atoms with Crippen LogP contribution in [0.4, 0.5) is 10.1 Å². The molecule has 2 N–H and O–H groups in total. The second kappa shape index (κ2) is 5.86. The Balaban J connectivity index is 2.38. The first-order valence-electron chi connectivity index (χ1n) is 6.50. The smallest absolute Gasteiger partial charge is 0.146 e. The van der Waals surface area contributed by atoms with Gasteiger partial charge in [0.05, 0.1) is 31.1 Å². The number of morpholine rings is 1. The van der Waals surface area contributed by atoms with Crippen molar-refractivity contribution in [2.24, 2.45) is 0 Å². The standard InChI is InChI=1S/C14H20FNO3/c1-9-8-19-11(7-17)6-16(9)14-12(10(2)18)4-3-5-13(14)15/h3-5,9-11,17-18H,6-8H2,1-2H3. The molecule has 1 heterocycles. The number of aliphatic hydroxyl groups is 2. The van der Waals surface area contributed by atoms with Gasteiger partial charge in [0, 0.05) is 18.2 Å². The molecule has 1 aromatic carbocycles. The quantitative estimate of drug-likeness (QED) is 0.872. The SMILES string of the molecule is CC(O)c1cccc(F)c1N1CC(CO)OCC1C. The van der Waals surface area contributed by atoms with Crippen molar-refractivity contribution < 1.29 is 19.3 Å². The van der Waals surface area contributed by atoms with Gasteiger partial charge in [0.1, 0.15) is 5.82 Å². The Morgan fingerprint density at radius 2 is 2.26 bits per heavy atom. The van der Waals surface area contributed by atoms with E-state index in [2.05, 4.69) is 0 Å². The molecule has 1 aliphatic rings. The van der Waals surface area contributed by atoms with Gasteiger partial charge in [-0.15, -0.1) is 0 Å². The number of benzene rings is 1. The first-order chi connectivity index (χ1) is 9.04. The number of aliphatic hydroxyl groups excluding tert-OH is 2. The Labute approximate surface area is 112 Å². The number of halogens is 1. The molecule has 0 bridgehead atoms. The summed E-state index contributed by atoms with van der Waals surface area (Å²) in [5.41, 5.74) is 0.970. The molecule has 1 fully saturated rings. The summed E-state index contributed by atoms with van der Waals surface area (Å²) < 4.78 is 19.6. The molecular formula is C14H20FNO3. The van der Waals surface area contributed by atoms with Gasteiger partial charge in [-0.05, 0) is 19.9 Å². The third-order valence-electron chi connectivity index (χ3n) is 3.46. The van der Waals surface area contributed by atoms with Crippen LogP contribution in [0.1, 0.15) is 25.5 Å². The van der Waals surface area contributed by atoms with Gasteiger partial charge in [-0.3, -0.25) is 0 Å². The van der Waals surface area contributed by atoms with Crippen molar-refractivity contribution in [2.75, 3.05) is 24.7 Å². The molecule has 0 saturated carbocycles. The molecule has 5 heteroatoms. The fourth-order valence-electron chi connectivity index (χ4n) is 2.41. The van der Waals surface area contributed by atoms with E-state index in [1.54, 1.807) is 19.1 Å². The van der Waals surface area contributed by atoms with Crippen molar-refractivity contribution in [3.8, 4) is 0 Å². The maximum absolute atomic E-state index is 14.1. The van der Waals surface area contributed by atoms with Crippen LogP contribution in [0.15, 0.2) is 18.2 Å². The summed E-state index contributed by atoms with van der Waals surface area (Å²) in [5.74, 6) is -0.358. The summed E-state index contributed by atoms with van der Waals surface area (Å²) in [6.45, 7) is 4.30. The molecule has 2 rings (SSSR count). The second-order valence-corrected chi connectivity index (χ2v) is 4.99. The lowest BCUT2D eigenvalue weighted by Gasteiger charge is -2.40. The van der Waals surface area contributed by atoms with Crippen molar-refractivity contribution >= 4 is 5.69 Å². The maximum Gasteiger partial charge on any atom is 0.146 e. The number of para-hydroxylation sites is 1. The van der Waals surface area contributed by atoms with Crippen LogP contribution in [-0.2, 0) is 4.74 Å². The fraction of sp³-hybridized carbons (Fsp3) is 0.571. The van der Waals surface area contributed by atoms with E-state index in [0.29, 0.717) is 24.4 Å². The Morgan fingerprint density at radius 3 is 2.89 bits per heavy atom. The minimum Gasteiger partial charge on any atom is -0.394 e. The molecule has 106 valence electrons. The van der Waals surface area contributed by atoms with Crippen LogP contribution in [0.3, 0.4) is 0 Å². The van der Waals surface area contributed by atoms with Crippen molar-refractivity contribution in [3.63, 3.8) is 0 Å². The predicted octanol–water partition coefficient (Wildman–Crippen LogP) is 1.46. The van der Waals surface area contributed by atoms with Gasteiger partial charge in [-0.2, -0.15) is 0 Å². The van der Waals surface area contributed by atoms with Gasteiger partial charge in [-0.1, -0.05) is 12.1 Å². The molecule has 0 radical (unpaired) electrons. The van der Waals surface area contributed by atoms with Gasteiger partial charge in [0.2, 0.25) is 0 Å². The molecule has 4 nitrogen and oxygen atoms in total. The zero-order chi connectivity index (χ0) is 14.0. The lowest BCUT2D eigenvalue weighted by molar-refractivity contribution is -0.0106. The molecule has 19 heavy (non-hydrogen) atoms. The summed E-state index contributed by atoms with van der Waals surface area (Å²) >= 11 is 0. The van der Waals surface area contributed by atoms with Crippen LogP contribution >= 0.6 is 0 Å². The Kier molecular flexibility index (Phi) is 4.39. The van der Waals surface area contributed by atoms with Crippen LogP contribution in [-0.4, -0.2) is 42.1 Å². The number of anilines is 1. The molecular weight excluding hydrogens is 249 g/mol. The normalized spacial score (nSPS) is 25.4. The molecule has 1 saturated heterocycles. The fourth-order valence-corrected chi connectivity index (χ4v) is 2.41. The van der Waals surface area contributed by atoms with Crippen LogP contribution in [0, 0.1) is 5.82 Å². The number of hydrogen-bond donors (Lipinski definition) is 2. The van der Waals surface area contributed by atoms with Crippen molar-refractivity contribution in [2.45, 2.75) is 32.1 Å². The Hall–Kier alpha value is -1.17. The highest BCUT2D eigenvalue weighted by atomic mass is 19.1. The summed E-state index contributed by atoms with van der Waals surface area (Å²) in [6, 6.07) is 4.70. The largest absolute Gasteiger partial charge is 0.394 e. The zero-order valence-electron chi connectivity index (χ0n) is 11.2. The first-order valence-corrected chi connectivity index (χ1v) is 6.50. The molecule has 0 aromatic heterocycles. The maximum atomic E-state index is 14.1. The van der Waals surface area contributed by atoms with Gasteiger partial charge < -0.3 is 19.8 Å². The Morgan fingerprint density at radius 1 is 1.53 bits per heavy atom. The molecule has 3 unspecified atom stereocenters. The lowest BCUT2D eigenvalue weighted by Crippen LogP contribution is -2.50. The highest BCUT2D eigenvalue weighted by Gasteiger charge is 2.29. The van der Waals surface area contributed by atoms with E-state index in [1.165, 1.54) is 6.07 Å². The lowest BCUT2D eigenvalue weighted by atomic mass is 10.0. The summed E-state index contributed by atoms with van der Waals surface area (Å²) in [7, 11) is 0. The van der Waals surface area contributed by atoms with Gasteiger partial charge in [-0.25, -0.2) is 4.39 Å². The van der Waals surface area contributed by atoms with Gasteiger partial charge in [0.15, 0.2) is 0 Å². The highest BCUT2D eigenvalue weighted by Crippen LogP contribution is 2.32. The topological polar surface area (TPSA) is 52.9 Å². The van der Waals surface area contributed by atoms with Crippen LogP contribution in [0.2, 0.25) is 0 Å². The van der Waals surface area contributed by atoms with E-state index in [-0.39, 0.29) is 24.6 Å². The summed E-state index contributed by atoms with van der Waals surface area (Å²) in [4.78, 5) is 1.86. The third kappa shape index (κ3) is 2.88. The van der Waals surface area contributed by atoms with E-state index < -0.39 is 6.10 Å². The van der Waals surface area contributed by atoms with Crippen molar-refractivity contribution in [1.82, 2.24) is 0 Å². The second-order valence-electron chi connectivity index (χ2n) is 4.99. The summed E-state index contributed by atoms with van der Waals surface area (Å²) in [5, 5.41) is 19.0. The summed E-state index contributed by atoms with van der Waals surface area (Å²) in [6.07, 6.45) is -1.06. The molecule has 3 atom stereocenters. The van der Waals surface area contributed by atoms with Crippen LogP contribution < -0.4 is 4.90 Å². The van der Waals surface area contributed by atoms with E-state index in [9.17, 15) is 14.6 Å². The van der Waals surface area contributed by atoms with E-state index in [4.69, 9.17) is 4.74 Å². The number of ether oxygens (including phenoxy) is 1. The predicted molar refractivity (Wildman–Crippen MR) is 70.7 cm³/mol. The molecule has 0 amide bonds. The van der Waals surface area contributed by atoms with Crippen LogP contribution in [0.25, 0.3) is 0 Å². The first kappa shape index (κ1) is 14.2. The van der Waals surface area contributed by atoms with E-state index in [1.807, 2.05) is 11.8 Å². The number of hydrogen-bond acceptors (Lipinski definition) is 4. The van der Waals surface area contributed by atoms with Gasteiger partial charge in [0.25, 0.3) is 0 Å². The average molecular weight is 269 g/mol. The molecule has 0 spiro atoms. The zero-order valence-corrected chi connectivity index (χ0v) is 11.2. The van der Waals surface area contributed by atoms with Crippen LogP contribution in [0.5, 0.6) is 0 Å². The van der Waals surface area contributed by atoms with E-state index >= 15 is 0 Å². The number of nitrogens with zero attached hydrogens (tertiary/aromatic N) is 1. The average Bonchev–Trinajstić information content (AvgIpc) is 2.39. The van der Waals surface area contributed by atoms with Crippen molar-refractivity contribution in [3.05, 3.63) is 29.6 Å². The van der Waals surface area contributed by atoms with Gasteiger partial charge >= 0.3 is 0 Å². The highest BCUT2D eigenvalue weighted by molar-refractivity contribution is 5.57. The number of rotatable bonds is 3. The third-order valence-corrected chi connectivity index (χ3v) is 3.46. The molecule has 1 aromatic rings. The molecule has 0 aliphatic carbocycles. The Bertz CT molecular complexity index is 439. The van der Waals surface area contributed by atoms with E-state index in [0.717, 1.165) is 0 Å². The minimum atomic E-state index is -0.742. The minimum absolute atomic E-state index is 0.00259.